The van der Waals surface area contributed by atoms with Crippen molar-refractivity contribution in [1.82, 2.24) is 9.55 Å². The average Bonchev–Trinajstić information content (AvgIpc) is 4.21. The van der Waals surface area contributed by atoms with Crippen LogP contribution in [0.5, 0.6) is 0 Å². The minimum atomic E-state index is -1.07. The standard InChI is InChI=1S/C67H70N2O11S/c1-70-66-65(77-45-55-35-21-8-22-36-55)60(74-42-52-29-15-5-16-30-52)58(56(79-66)46-71-39-49-23-9-2-10-24-49)61(80-67(81)69-38-37-68-48-69)64-63(76-44-54-33-19-7-20-34-54)62(75-43-53-31-17-6-18-32-53)59(73-41-51-27-13-4-14-28-51)57(78-64)47-72-40-50-25-11-3-12-26-50/h2-38,48,56-66H,39-47H2,1H3/t56-,57-,58-,59-,60+,61?,62+,63+,64-,65+,66+/m1/s1. The summed E-state index contributed by atoms with van der Waals surface area (Å²) >= 11 is 6.30. The molecule has 0 amide bonds. The van der Waals surface area contributed by atoms with Gasteiger partial charge in [0.25, 0.3) is 5.17 Å². The van der Waals surface area contributed by atoms with E-state index in [0.717, 1.165) is 38.9 Å². The Labute approximate surface area is 480 Å². The van der Waals surface area contributed by atoms with Crippen molar-refractivity contribution in [2.45, 2.75) is 107 Å². The molecule has 0 bridgehead atoms. The Hall–Kier alpha value is -6.76. The van der Waals surface area contributed by atoms with Crippen molar-refractivity contribution in [3.63, 3.8) is 0 Å². The maximum Gasteiger partial charge on any atom is 0.269 e. The first-order valence-corrected chi connectivity index (χ1v) is 28.0. The van der Waals surface area contributed by atoms with Crippen LogP contribution in [0.4, 0.5) is 0 Å². The van der Waals surface area contributed by atoms with Crippen molar-refractivity contribution in [2.24, 2.45) is 5.92 Å². The fraction of sp³-hybridized carbons (Fsp3) is 0.313. The summed E-state index contributed by atoms with van der Waals surface area (Å²) in [6.07, 6.45) is -3.72. The summed E-state index contributed by atoms with van der Waals surface area (Å²) in [6, 6.07) is 70.3. The summed E-state index contributed by atoms with van der Waals surface area (Å²) in [4.78, 5) is 4.37. The number of hydrogen-bond donors (Lipinski definition) is 0. The zero-order valence-corrected chi connectivity index (χ0v) is 46.3. The van der Waals surface area contributed by atoms with Crippen LogP contribution in [0.25, 0.3) is 0 Å². The highest BCUT2D eigenvalue weighted by molar-refractivity contribution is 7.80. The minimum Gasteiger partial charge on any atom is -0.464 e. The Morgan fingerprint density at radius 1 is 0.444 bits per heavy atom. The van der Waals surface area contributed by atoms with Crippen LogP contribution in [0.1, 0.15) is 38.9 Å². The number of benzene rings is 7. The predicted octanol–water partition coefficient (Wildman–Crippen LogP) is 11.5. The molecule has 0 spiro atoms. The quantitative estimate of drug-likeness (QED) is 0.0455. The van der Waals surface area contributed by atoms with Crippen LogP contribution >= 0.6 is 12.2 Å². The lowest BCUT2D eigenvalue weighted by Crippen LogP contribution is -2.69. The molecule has 14 heteroatoms. The number of aromatic nitrogens is 2. The largest absolute Gasteiger partial charge is 0.464 e. The number of rotatable bonds is 27. The first kappa shape index (κ1) is 57.5. The number of ether oxygens (including phenoxy) is 11. The molecule has 11 atom stereocenters. The van der Waals surface area contributed by atoms with Crippen LogP contribution < -0.4 is 0 Å². The third-order valence-corrected chi connectivity index (χ3v) is 14.8. The molecule has 10 rings (SSSR count). The smallest absolute Gasteiger partial charge is 0.269 e. The SMILES string of the molecule is CO[C@H]1O[C@H](COCc2ccccc2)[C@@H](C(OC(=S)n2ccnc2)[C@H]2O[C@H](COCc3ccccc3)[C@@H](OCc3ccccc3)[C@H](OCc3ccccc3)[C@@H]2OCc2ccccc2)[C@H](OCc2ccccc2)[C@@H]1OCc1ccccc1. The summed E-state index contributed by atoms with van der Waals surface area (Å²) in [6.45, 7) is 1.88. The first-order chi connectivity index (χ1) is 40.1. The summed E-state index contributed by atoms with van der Waals surface area (Å²) in [5.74, 6) is -0.798. The molecule has 81 heavy (non-hydrogen) atoms. The number of methoxy groups -OCH3 is 1. The van der Waals surface area contributed by atoms with Gasteiger partial charge in [0.15, 0.2) is 6.29 Å². The Kier molecular flexibility index (Phi) is 21.5. The van der Waals surface area contributed by atoms with Crippen molar-refractivity contribution in [3.05, 3.63) is 270 Å². The van der Waals surface area contributed by atoms with E-state index in [2.05, 4.69) is 4.98 Å². The van der Waals surface area contributed by atoms with Gasteiger partial charge in [0, 0.05) is 19.5 Å². The zero-order valence-electron chi connectivity index (χ0n) is 45.4. The van der Waals surface area contributed by atoms with E-state index in [1.54, 1.807) is 30.4 Å². The average molecular weight is 1110 g/mol. The molecule has 2 aliphatic heterocycles. The van der Waals surface area contributed by atoms with Gasteiger partial charge in [0.2, 0.25) is 0 Å². The van der Waals surface area contributed by atoms with E-state index < -0.39 is 67.1 Å². The van der Waals surface area contributed by atoms with Gasteiger partial charge >= 0.3 is 0 Å². The molecule has 13 nitrogen and oxygen atoms in total. The van der Waals surface area contributed by atoms with Crippen molar-refractivity contribution in [3.8, 4) is 0 Å². The normalized spacial score (nSPS) is 23.1. The second-order valence-electron chi connectivity index (χ2n) is 20.1. The second-order valence-corrected chi connectivity index (χ2v) is 20.5. The van der Waals surface area contributed by atoms with Gasteiger partial charge in [-0.3, -0.25) is 4.57 Å². The molecule has 7 aromatic carbocycles. The van der Waals surface area contributed by atoms with Crippen LogP contribution in [0, 0.1) is 5.92 Å². The van der Waals surface area contributed by atoms with Crippen LogP contribution in [-0.4, -0.2) is 96.3 Å². The highest BCUT2D eigenvalue weighted by Crippen LogP contribution is 2.42. The van der Waals surface area contributed by atoms with E-state index >= 15 is 0 Å². The van der Waals surface area contributed by atoms with Gasteiger partial charge < -0.3 is 52.1 Å². The number of imidazole rings is 1. The fourth-order valence-corrected chi connectivity index (χ4v) is 10.7. The molecule has 2 saturated heterocycles. The van der Waals surface area contributed by atoms with Crippen molar-refractivity contribution in [1.29, 1.82) is 0 Å². The fourth-order valence-electron chi connectivity index (χ4n) is 10.4. The van der Waals surface area contributed by atoms with E-state index in [-0.39, 0.29) is 51.4 Å². The van der Waals surface area contributed by atoms with Crippen LogP contribution in [0.3, 0.4) is 0 Å². The van der Waals surface area contributed by atoms with Gasteiger partial charge in [-0.15, -0.1) is 0 Å². The molecule has 0 radical (unpaired) electrons. The van der Waals surface area contributed by atoms with E-state index in [1.807, 2.05) is 212 Å². The highest BCUT2D eigenvalue weighted by atomic mass is 32.1. The molecule has 1 aromatic heterocycles. The highest BCUT2D eigenvalue weighted by Gasteiger charge is 2.59. The van der Waals surface area contributed by atoms with Gasteiger partial charge in [0.1, 0.15) is 49.1 Å². The third-order valence-electron chi connectivity index (χ3n) is 14.5. The molecule has 2 fully saturated rings. The summed E-state index contributed by atoms with van der Waals surface area (Å²) in [7, 11) is 1.62. The maximum atomic E-state index is 7.70. The lowest BCUT2D eigenvalue weighted by molar-refractivity contribution is -0.332. The van der Waals surface area contributed by atoms with Crippen LogP contribution in [0.15, 0.2) is 231 Å². The molecule has 0 saturated carbocycles. The van der Waals surface area contributed by atoms with Gasteiger partial charge in [0.05, 0.1) is 77.6 Å². The molecule has 2 aliphatic rings. The molecule has 3 heterocycles. The number of thiocarbonyl (C=S) groups is 1. The zero-order chi connectivity index (χ0) is 55.3. The maximum absolute atomic E-state index is 7.70. The first-order valence-electron chi connectivity index (χ1n) is 27.6. The lowest BCUT2D eigenvalue weighted by Gasteiger charge is -2.53. The number of nitrogens with zero attached hydrogens (tertiary/aromatic N) is 2. The van der Waals surface area contributed by atoms with Crippen LogP contribution in [0.2, 0.25) is 0 Å². The predicted molar refractivity (Wildman–Crippen MR) is 310 cm³/mol. The Morgan fingerprint density at radius 2 is 0.815 bits per heavy atom. The molecule has 0 aliphatic carbocycles. The van der Waals surface area contributed by atoms with Gasteiger partial charge in [-0.2, -0.15) is 0 Å². The molecule has 8 aromatic rings. The Balaban J connectivity index is 1.13. The molecular formula is C67H70N2O11S. The van der Waals surface area contributed by atoms with E-state index in [0.29, 0.717) is 13.2 Å². The number of hydrogen-bond acceptors (Lipinski definition) is 13. The van der Waals surface area contributed by atoms with E-state index in [9.17, 15) is 0 Å². The topological polar surface area (TPSA) is 119 Å². The summed E-state index contributed by atoms with van der Waals surface area (Å²) in [5, 5.41) is 0.102. The van der Waals surface area contributed by atoms with Crippen LogP contribution in [-0.2, 0) is 98.4 Å². The minimum absolute atomic E-state index is 0.0797. The van der Waals surface area contributed by atoms with Gasteiger partial charge in [-0.25, -0.2) is 4.98 Å². The summed E-state index contributed by atoms with van der Waals surface area (Å²) < 4.78 is 79.8. The van der Waals surface area contributed by atoms with Gasteiger partial charge in [-0.1, -0.05) is 212 Å². The van der Waals surface area contributed by atoms with Gasteiger partial charge in [-0.05, 0) is 51.2 Å². The molecular weight excluding hydrogens is 1040 g/mol. The second kappa shape index (κ2) is 30.3. The third kappa shape index (κ3) is 16.3. The van der Waals surface area contributed by atoms with Crippen molar-refractivity contribution >= 4 is 17.4 Å². The van der Waals surface area contributed by atoms with E-state index in [4.69, 9.17) is 64.3 Å². The molecule has 1 unspecified atom stereocenters. The van der Waals surface area contributed by atoms with E-state index in [1.165, 1.54) is 0 Å². The van der Waals surface area contributed by atoms with Crippen molar-refractivity contribution in [2.75, 3.05) is 20.3 Å². The summed E-state index contributed by atoms with van der Waals surface area (Å²) in [5.41, 5.74) is 6.78. The molecule has 420 valence electrons. The monoisotopic (exact) mass is 1110 g/mol. The Morgan fingerprint density at radius 3 is 1.22 bits per heavy atom. The molecule has 0 N–H and O–H groups in total. The van der Waals surface area contributed by atoms with Crippen molar-refractivity contribution < 1.29 is 52.1 Å². The lowest BCUT2D eigenvalue weighted by atomic mass is 9.78. The Bertz CT molecular complexity index is 3010.